The van der Waals surface area contributed by atoms with Crippen LogP contribution < -0.4 is 20.1 Å². The number of hydrogen-bond donors (Lipinski definition) is 2. The van der Waals surface area contributed by atoms with Crippen LogP contribution in [-0.4, -0.2) is 36.0 Å². The second-order valence-electron chi connectivity index (χ2n) is 7.10. The topological polar surface area (TPSA) is 102 Å². The highest BCUT2D eigenvalue weighted by atomic mass is 16.5. The Balaban J connectivity index is 1.44. The number of pyridine rings is 2. The summed E-state index contributed by atoms with van der Waals surface area (Å²) >= 11 is 0. The van der Waals surface area contributed by atoms with Gasteiger partial charge >= 0.3 is 0 Å². The molecule has 4 aromatic rings. The molecule has 0 aliphatic heterocycles. The Hall–Kier alpha value is -4.20. The Kier molecular flexibility index (Phi) is 6.12. The van der Waals surface area contributed by atoms with E-state index in [4.69, 9.17) is 9.47 Å². The Labute approximate surface area is 184 Å². The number of rotatable bonds is 7. The first-order valence-corrected chi connectivity index (χ1v) is 10.0. The first kappa shape index (κ1) is 21.0. The number of benzene rings is 2. The smallest absolute Gasteiger partial charge is 0.224 e. The Morgan fingerprint density at radius 3 is 1.59 bits per heavy atom. The van der Waals surface area contributed by atoms with E-state index in [1.165, 1.54) is 0 Å². The Bertz CT molecular complexity index is 1200. The molecule has 0 fully saturated rings. The lowest BCUT2D eigenvalue weighted by molar-refractivity contribution is -0.121. The Morgan fingerprint density at radius 1 is 0.750 bits per heavy atom. The largest absolute Gasteiger partial charge is 0.497 e. The number of carbonyl (C=O) groups excluding carboxylic acids is 2. The van der Waals surface area contributed by atoms with Crippen molar-refractivity contribution in [1.82, 2.24) is 9.97 Å². The van der Waals surface area contributed by atoms with E-state index < -0.39 is 0 Å². The van der Waals surface area contributed by atoms with Crippen molar-refractivity contribution in [2.45, 2.75) is 12.8 Å². The molecule has 0 aliphatic carbocycles. The molecular formula is C24H22N4O4. The molecule has 32 heavy (non-hydrogen) atoms. The quantitative estimate of drug-likeness (QED) is 0.456. The van der Waals surface area contributed by atoms with E-state index in [2.05, 4.69) is 20.6 Å². The molecule has 0 bridgehead atoms. The number of anilines is 2. The molecule has 0 aliphatic rings. The third-order valence-corrected chi connectivity index (χ3v) is 4.96. The minimum Gasteiger partial charge on any atom is -0.497 e. The molecular weight excluding hydrogens is 408 g/mol. The molecule has 0 atom stereocenters. The van der Waals surface area contributed by atoms with Crippen molar-refractivity contribution in [3.63, 3.8) is 0 Å². The van der Waals surface area contributed by atoms with Crippen molar-refractivity contribution < 1.29 is 19.1 Å². The number of ether oxygens (including phenoxy) is 2. The van der Waals surface area contributed by atoms with E-state index in [1.54, 1.807) is 38.7 Å². The normalized spacial score (nSPS) is 10.7. The first-order chi connectivity index (χ1) is 15.6. The van der Waals surface area contributed by atoms with E-state index in [-0.39, 0.29) is 24.7 Å². The molecule has 2 N–H and O–H groups in total. The van der Waals surface area contributed by atoms with Gasteiger partial charge in [0.05, 0.1) is 36.6 Å². The van der Waals surface area contributed by atoms with Crippen LogP contribution >= 0.6 is 0 Å². The molecule has 0 radical (unpaired) electrons. The molecule has 4 rings (SSSR count). The second kappa shape index (κ2) is 9.30. The van der Waals surface area contributed by atoms with E-state index in [0.717, 1.165) is 10.8 Å². The third-order valence-electron chi connectivity index (χ3n) is 4.96. The monoisotopic (exact) mass is 430 g/mol. The summed E-state index contributed by atoms with van der Waals surface area (Å²) in [6.45, 7) is 0. The van der Waals surface area contributed by atoms with E-state index in [1.807, 2.05) is 36.4 Å². The average molecular weight is 430 g/mol. The fourth-order valence-electron chi connectivity index (χ4n) is 3.41. The minimum absolute atomic E-state index is 0.00665. The molecule has 0 unspecified atom stereocenters. The molecule has 162 valence electrons. The molecule has 2 aromatic heterocycles. The zero-order valence-electron chi connectivity index (χ0n) is 17.7. The third kappa shape index (κ3) is 4.59. The van der Waals surface area contributed by atoms with E-state index in [9.17, 15) is 9.59 Å². The zero-order chi connectivity index (χ0) is 22.5. The maximum absolute atomic E-state index is 12.5. The van der Waals surface area contributed by atoms with Gasteiger partial charge in [-0.3, -0.25) is 19.6 Å². The van der Waals surface area contributed by atoms with Crippen molar-refractivity contribution in [2.75, 3.05) is 24.9 Å². The van der Waals surface area contributed by atoms with Gasteiger partial charge in [-0.2, -0.15) is 0 Å². The molecule has 0 saturated heterocycles. The summed E-state index contributed by atoms with van der Waals surface area (Å²) in [5.74, 6) is 0.620. The lowest BCUT2D eigenvalue weighted by Crippen LogP contribution is -2.18. The van der Waals surface area contributed by atoms with Gasteiger partial charge < -0.3 is 20.1 Å². The zero-order valence-corrected chi connectivity index (χ0v) is 17.7. The van der Waals surface area contributed by atoms with Crippen molar-refractivity contribution in [1.29, 1.82) is 0 Å². The van der Waals surface area contributed by atoms with Gasteiger partial charge in [0, 0.05) is 48.1 Å². The second-order valence-corrected chi connectivity index (χ2v) is 7.10. The molecule has 2 aromatic carbocycles. The van der Waals surface area contributed by atoms with Crippen molar-refractivity contribution in [3.05, 3.63) is 60.9 Å². The van der Waals surface area contributed by atoms with Crippen molar-refractivity contribution >= 4 is 45.0 Å². The summed E-state index contributed by atoms with van der Waals surface area (Å²) in [5.41, 5.74) is 2.38. The number of nitrogens with zero attached hydrogens (tertiary/aromatic N) is 2. The van der Waals surface area contributed by atoms with Crippen LogP contribution in [0.3, 0.4) is 0 Å². The molecule has 2 amide bonds. The number of hydrogen-bond acceptors (Lipinski definition) is 6. The van der Waals surface area contributed by atoms with Crippen LogP contribution in [0.15, 0.2) is 60.9 Å². The molecule has 8 nitrogen and oxygen atoms in total. The summed E-state index contributed by atoms with van der Waals surface area (Å²) in [6, 6.07) is 14.5. The van der Waals surface area contributed by atoms with Crippen LogP contribution in [0.5, 0.6) is 11.5 Å². The van der Waals surface area contributed by atoms with Crippen molar-refractivity contribution in [3.8, 4) is 11.5 Å². The van der Waals surface area contributed by atoms with Gasteiger partial charge in [0.2, 0.25) is 11.8 Å². The highest BCUT2D eigenvalue weighted by Gasteiger charge is 2.13. The molecule has 8 heteroatoms. The van der Waals surface area contributed by atoms with Crippen LogP contribution in [0, 0.1) is 0 Å². The van der Waals surface area contributed by atoms with Crippen LogP contribution in [-0.2, 0) is 9.59 Å². The maximum Gasteiger partial charge on any atom is 0.224 e. The SMILES string of the molecule is COc1cc(NC(=O)CCC(=O)Nc2cc(OC)cc3cccnc23)c2ncccc2c1. The van der Waals surface area contributed by atoms with Gasteiger partial charge in [-0.25, -0.2) is 0 Å². The summed E-state index contributed by atoms with van der Waals surface area (Å²) in [6.07, 6.45) is 3.33. The van der Waals surface area contributed by atoms with Gasteiger partial charge in [-0.15, -0.1) is 0 Å². The van der Waals surface area contributed by atoms with Gasteiger partial charge in [-0.05, 0) is 24.3 Å². The predicted molar refractivity (Wildman–Crippen MR) is 123 cm³/mol. The van der Waals surface area contributed by atoms with Crippen LogP contribution in [0.4, 0.5) is 11.4 Å². The lowest BCUT2D eigenvalue weighted by atomic mass is 10.1. The minimum atomic E-state index is -0.297. The van der Waals surface area contributed by atoms with Crippen LogP contribution in [0.25, 0.3) is 21.8 Å². The van der Waals surface area contributed by atoms with Crippen LogP contribution in [0.2, 0.25) is 0 Å². The van der Waals surface area contributed by atoms with Gasteiger partial charge in [0.15, 0.2) is 0 Å². The summed E-state index contributed by atoms with van der Waals surface area (Å²) < 4.78 is 10.6. The van der Waals surface area contributed by atoms with Gasteiger partial charge in [-0.1, -0.05) is 12.1 Å². The average Bonchev–Trinajstić information content (AvgIpc) is 2.82. The number of amides is 2. The predicted octanol–water partition coefficient (Wildman–Crippen LogP) is 4.16. The number of aromatic nitrogens is 2. The highest BCUT2D eigenvalue weighted by Crippen LogP contribution is 2.29. The van der Waals surface area contributed by atoms with E-state index >= 15 is 0 Å². The number of fused-ring (bicyclic) bond motifs is 2. The Morgan fingerprint density at radius 2 is 1.19 bits per heavy atom. The number of nitrogens with one attached hydrogen (secondary N) is 2. The van der Waals surface area contributed by atoms with Crippen LogP contribution in [0.1, 0.15) is 12.8 Å². The van der Waals surface area contributed by atoms with Gasteiger partial charge in [0.25, 0.3) is 0 Å². The first-order valence-electron chi connectivity index (χ1n) is 10.0. The maximum atomic E-state index is 12.5. The lowest BCUT2D eigenvalue weighted by Gasteiger charge is -2.12. The summed E-state index contributed by atoms with van der Waals surface area (Å²) in [5, 5.41) is 7.36. The number of carbonyl (C=O) groups is 2. The highest BCUT2D eigenvalue weighted by molar-refractivity contribution is 6.04. The standard InChI is InChI=1S/C24H22N4O4/c1-31-17-11-15-5-3-9-25-23(15)19(13-17)27-21(29)7-8-22(30)28-20-14-18(32-2)12-16-6-4-10-26-24(16)20/h3-6,9-14H,7-8H2,1-2H3,(H,27,29)(H,28,30). The fourth-order valence-corrected chi connectivity index (χ4v) is 3.41. The summed E-state index contributed by atoms with van der Waals surface area (Å²) in [4.78, 5) is 33.7. The van der Waals surface area contributed by atoms with E-state index in [0.29, 0.717) is 33.9 Å². The fraction of sp³-hybridized carbons (Fsp3) is 0.167. The number of methoxy groups -OCH3 is 2. The van der Waals surface area contributed by atoms with Crippen molar-refractivity contribution in [2.24, 2.45) is 0 Å². The molecule has 0 saturated carbocycles. The summed E-state index contributed by atoms with van der Waals surface area (Å²) in [7, 11) is 3.12. The van der Waals surface area contributed by atoms with Gasteiger partial charge in [0.1, 0.15) is 11.5 Å². The molecule has 2 heterocycles. The molecule has 0 spiro atoms.